The number of nitrogens with zero attached hydrogens (tertiary/aromatic N) is 4. The lowest BCUT2D eigenvalue weighted by atomic mass is 10.1. The van der Waals surface area contributed by atoms with Crippen molar-refractivity contribution in [2.24, 2.45) is 11.8 Å². The number of H-pyrrole nitrogens is 1. The summed E-state index contributed by atoms with van der Waals surface area (Å²) in [6.45, 7) is 5.72. The normalized spacial score (nSPS) is 22.4. The van der Waals surface area contributed by atoms with E-state index in [1.807, 2.05) is 29.7 Å². The maximum Gasteiger partial charge on any atom is 0.277 e. The third-order valence-corrected chi connectivity index (χ3v) is 6.95. The summed E-state index contributed by atoms with van der Waals surface area (Å²) in [5.74, 6) is 0.493. The molecule has 2 aromatic heterocycles. The minimum absolute atomic E-state index is 0.00173. The quantitative estimate of drug-likeness (QED) is 0.833. The molecule has 0 spiro atoms. The van der Waals surface area contributed by atoms with Gasteiger partial charge in [0.2, 0.25) is 11.8 Å². The van der Waals surface area contributed by atoms with Gasteiger partial charge in [-0.2, -0.15) is 0 Å². The second kappa shape index (κ2) is 7.25. The first-order chi connectivity index (χ1) is 14.5. The van der Waals surface area contributed by atoms with Crippen LogP contribution >= 0.6 is 0 Å². The van der Waals surface area contributed by atoms with Gasteiger partial charge in [0.1, 0.15) is 0 Å². The molecule has 5 rings (SSSR count). The summed E-state index contributed by atoms with van der Waals surface area (Å²) in [5, 5.41) is 3.22. The smallest absolute Gasteiger partial charge is 0.277 e. The van der Waals surface area contributed by atoms with Crippen LogP contribution < -0.4 is 5.56 Å². The fourth-order valence-corrected chi connectivity index (χ4v) is 4.76. The van der Waals surface area contributed by atoms with E-state index in [0.717, 1.165) is 50.0 Å². The van der Waals surface area contributed by atoms with E-state index in [1.165, 1.54) is 4.52 Å². The van der Waals surface area contributed by atoms with Gasteiger partial charge < -0.3 is 9.80 Å². The van der Waals surface area contributed by atoms with Crippen LogP contribution in [0.5, 0.6) is 0 Å². The summed E-state index contributed by atoms with van der Waals surface area (Å²) in [4.78, 5) is 46.9. The molecule has 2 fully saturated rings. The molecular weight excluding hydrogens is 382 g/mol. The van der Waals surface area contributed by atoms with Gasteiger partial charge in [-0.15, -0.1) is 0 Å². The minimum Gasteiger partial charge on any atom is -0.337 e. The maximum atomic E-state index is 13.2. The molecule has 3 aliphatic rings. The van der Waals surface area contributed by atoms with Crippen molar-refractivity contribution in [3.8, 4) is 0 Å². The molecule has 4 heterocycles. The zero-order chi connectivity index (χ0) is 21.0. The number of hydrogen-bond donors (Lipinski definition) is 1. The molecule has 2 aromatic rings. The summed E-state index contributed by atoms with van der Waals surface area (Å²) in [6.07, 6.45) is 5.20. The Morgan fingerprint density at radius 2 is 2.07 bits per heavy atom. The minimum atomic E-state index is -0.132. The van der Waals surface area contributed by atoms with Crippen LogP contribution in [0.1, 0.15) is 68.9 Å². The Kier molecular flexibility index (Phi) is 4.67. The highest BCUT2D eigenvalue weighted by Crippen LogP contribution is 2.34. The number of fused-ring (bicyclic) bond motifs is 2. The summed E-state index contributed by atoms with van der Waals surface area (Å²) < 4.78 is 1.49. The molecule has 1 saturated carbocycles. The number of aromatic amines is 1. The number of carbonyl (C=O) groups is 2. The summed E-state index contributed by atoms with van der Waals surface area (Å²) >= 11 is 0. The van der Waals surface area contributed by atoms with E-state index < -0.39 is 0 Å². The number of rotatable bonds is 4. The molecule has 160 valence electrons. The Labute approximate surface area is 175 Å². The van der Waals surface area contributed by atoms with Crippen LogP contribution in [0, 0.1) is 11.8 Å². The number of hydrogen-bond acceptors (Lipinski definition) is 4. The topological polar surface area (TPSA) is 90.8 Å². The Morgan fingerprint density at radius 3 is 2.80 bits per heavy atom. The van der Waals surface area contributed by atoms with Crippen LogP contribution in [-0.4, -0.2) is 49.3 Å². The molecule has 0 bridgehead atoms. The van der Waals surface area contributed by atoms with Gasteiger partial charge in [-0.1, -0.05) is 13.8 Å². The van der Waals surface area contributed by atoms with Gasteiger partial charge in [0.25, 0.3) is 5.56 Å². The average molecular weight is 412 g/mol. The number of likely N-dealkylation sites (tertiary alicyclic amines) is 1. The van der Waals surface area contributed by atoms with E-state index in [-0.39, 0.29) is 35.3 Å². The van der Waals surface area contributed by atoms with Crippen molar-refractivity contribution >= 4 is 17.5 Å². The number of nitrogens with one attached hydrogen (secondary N) is 1. The molecule has 1 aliphatic carbocycles. The van der Waals surface area contributed by atoms with Crippen LogP contribution in [0.2, 0.25) is 0 Å². The molecule has 0 radical (unpaired) electrons. The van der Waals surface area contributed by atoms with Gasteiger partial charge in [-0.05, 0) is 32.1 Å². The maximum absolute atomic E-state index is 13.2. The van der Waals surface area contributed by atoms with E-state index in [1.54, 1.807) is 0 Å². The Morgan fingerprint density at radius 1 is 1.27 bits per heavy atom. The van der Waals surface area contributed by atoms with Crippen molar-refractivity contribution in [3.63, 3.8) is 0 Å². The summed E-state index contributed by atoms with van der Waals surface area (Å²) in [5.41, 5.74) is 2.73. The van der Waals surface area contributed by atoms with Gasteiger partial charge in [0.05, 0.1) is 29.5 Å². The molecule has 2 aliphatic heterocycles. The average Bonchev–Trinajstić information content (AvgIpc) is 3.33. The van der Waals surface area contributed by atoms with Crippen molar-refractivity contribution in [1.29, 1.82) is 0 Å². The van der Waals surface area contributed by atoms with Crippen molar-refractivity contribution in [2.75, 3.05) is 13.1 Å². The first-order valence-electron chi connectivity index (χ1n) is 11.2. The number of carbonyl (C=O) groups excluding carboxylic acids is 2. The highest BCUT2D eigenvalue weighted by molar-refractivity contribution is 5.81. The van der Waals surface area contributed by atoms with Gasteiger partial charge in [-0.25, -0.2) is 9.50 Å². The van der Waals surface area contributed by atoms with E-state index in [2.05, 4.69) is 5.10 Å². The molecule has 8 nitrogen and oxygen atoms in total. The van der Waals surface area contributed by atoms with Crippen molar-refractivity contribution in [2.45, 2.75) is 65.0 Å². The van der Waals surface area contributed by atoms with E-state index in [0.29, 0.717) is 30.7 Å². The highest BCUT2D eigenvalue weighted by atomic mass is 16.2. The molecule has 0 unspecified atom stereocenters. The van der Waals surface area contributed by atoms with Crippen LogP contribution in [0.4, 0.5) is 0 Å². The van der Waals surface area contributed by atoms with Gasteiger partial charge in [-0.3, -0.25) is 19.5 Å². The Balaban J connectivity index is 1.47. The molecule has 30 heavy (non-hydrogen) atoms. The van der Waals surface area contributed by atoms with Crippen molar-refractivity contribution in [3.05, 3.63) is 33.4 Å². The van der Waals surface area contributed by atoms with E-state index in [9.17, 15) is 14.4 Å². The highest BCUT2D eigenvalue weighted by Gasteiger charge is 2.36. The first kappa shape index (κ1) is 19.3. The lowest BCUT2D eigenvalue weighted by molar-refractivity contribution is -0.136. The lowest BCUT2D eigenvalue weighted by Crippen LogP contribution is -2.41. The van der Waals surface area contributed by atoms with Crippen LogP contribution in [0.3, 0.4) is 0 Å². The summed E-state index contributed by atoms with van der Waals surface area (Å²) in [6, 6.07) is 1.87. The van der Waals surface area contributed by atoms with E-state index >= 15 is 0 Å². The zero-order valence-corrected chi connectivity index (χ0v) is 17.7. The molecule has 8 heteroatoms. The van der Waals surface area contributed by atoms with Crippen molar-refractivity contribution < 1.29 is 9.59 Å². The Hall–Kier alpha value is -2.64. The number of aromatic nitrogens is 3. The molecule has 2 amide bonds. The predicted octanol–water partition coefficient (Wildman–Crippen LogP) is 2.03. The van der Waals surface area contributed by atoms with Crippen LogP contribution in [-0.2, 0) is 22.6 Å². The molecule has 2 atom stereocenters. The van der Waals surface area contributed by atoms with Crippen molar-refractivity contribution in [1.82, 2.24) is 24.4 Å². The first-order valence-corrected chi connectivity index (χ1v) is 11.2. The monoisotopic (exact) mass is 411 g/mol. The van der Waals surface area contributed by atoms with Crippen LogP contribution in [0.15, 0.2) is 10.9 Å². The third kappa shape index (κ3) is 3.13. The molecule has 1 saturated heterocycles. The van der Waals surface area contributed by atoms with E-state index in [4.69, 9.17) is 4.98 Å². The Bertz CT molecular complexity index is 1070. The number of amides is 2. The third-order valence-electron chi connectivity index (χ3n) is 6.95. The second-order valence-corrected chi connectivity index (χ2v) is 9.03. The fraction of sp³-hybridized carbons (Fsp3) is 0.636. The second-order valence-electron chi connectivity index (χ2n) is 9.03. The van der Waals surface area contributed by atoms with Crippen LogP contribution in [0.25, 0.3) is 5.65 Å². The molecular formula is C22H29N5O3. The van der Waals surface area contributed by atoms with Gasteiger partial charge in [0, 0.05) is 37.4 Å². The van der Waals surface area contributed by atoms with Gasteiger partial charge in [0.15, 0.2) is 5.65 Å². The van der Waals surface area contributed by atoms with Gasteiger partial charge >= 0.3 is 0 Å². The SMILES string of the molecule is CC[C@H](C)C(=O)N1CCC[C@@H]1c1cc2nc3c(c(=O)n2[nH]1)CN(C(=O)C1CC1)CC3. The lowest BCUT2D eigenvalue weighted by Gasteiger charge is -2.27. The largest absolute Gasteiger partial charge is 0.337 e. The molecule has 0 aromatic carbocycles. The molecule has 1 N–H and O–H groups in total. The zero-order valence-electron chi connectivity index (χ0n) is 17.7. The predicted molar refractivity (Wildman–Crippen MR) is 111 cm³/mol. The summed E-state index contributed by atoms with van der Waals surface area (Å²) in [7, 11) is 0. The standard InChI is InChI=1S/C22H29N5O3/c1-3-13(2)20(28)26-9-4-5-18(26)17-11-19-23-16-8-10-25(21(29)14-6-7-14)12-15(16)22(30)27(19)24-17/h11,13-14,18,24H,3-10,12H2,1-2H3/t13-,18+/m0/s1. The fourth-order valence-electron chi connectivity index (χ4n) is 4.76.